The summed E-state index contributed by atoms with van der Waals surface area (Å²) in [7, 11) is 0. The van der Waals surface area contributed by atoms with Crippen LogP contribution in [0.2, 0.25) is 0 Å². The zero-order valence-electron chi connectivity index (χ0n) is 12.6. The molecule has 3 rings (SSSR count). The van der Waals surface area contributed by atoms with E-state index in [1.807, 2.05) is 6.92 Å². The summed E-state index contributed by atoms with van der Waals surface area (Å²) in [5.74, 6) is 0.659. The lowest BCUT2D eigenvalue weighted by Crippen LogP contribution is -2.40. The standard InChI is InChI=1S/C16H25N3O/c1-3-19-14(6-11-17-19)15(20)18-12(2)13-4-7-16(8-5-13)9-10-16/h6,11-13H,3-5,7-10H2,1-2H3,(H,18,20). The summed E-state index contributed by atoms with van der Waals surface area (Å²) in [4.78, 5) is 12.3. The van der Waals surface area contributed by atoms with Crippen molar-refractivity contribution in [2.24, 2.45) is 11.3 Å². The van der Waals surface area contributed by atoms with Crippen molar-refractivity contribution in [1.29, 1.82) is 0 Å². The molecule has 1 atom stereocenters. The van der Waals surface area contributed by atoms with E-state index in [9.17, 15) is 4.79 Å². The predicted octanol–water partition coefficient (Wildman–Crippen LogP) is 2.99. The predicted molar refractivity (Wildman–Crippen MR) is 78.5 cm³/mol. The molecule has 0 aliphatic heterocycles. The molecule has 0 aromatic carbocycles. The second-order valence-corrected chi connectivity index (χ2v) is 6.63. The van der Waals surface area contributed by atoms with Gasteiger partial charge >= 0.3 is 0 Å². The van der Waals surface area contributed by atoms with Gasteiger partial charge < -0.3 is 5.32 Å². The fraction of sp³-hybridized carbons (Fsp3) is 0.750. The first kappa shape index (κ1) is 13.7. The Kier molecular flexibility index (Phi) is 3.57. The molecule has 4 heteroatoms. The van der Waals surface area contributed by atoms with E-state index in [0.29, 0.717) is 11.6 Å². The van der Waals surface area contributed by atoms with Crippen LogP contribution < -0.4 is 5.32 Å². The first-order valence-corrected chi connectivity index (χ1v) is 7.96. The molecule has 110 valence electrons. The van der Waals surface area contributed by atoms with Crippen LogP contribution in [0.4, 0.5) is 0 Å². The lowest BCUT2D eigenvalue weighted by Gasteiger charge is -2.32. The van der Waals surface area contributed by atoms with Gasteiger partial charge in [0, 0.05) is 18.8 Å². The molecule has 2 aliphatic rings. The molecule has 1 aromatic heterocycles. The van der Waals surface area contributed by atoms with Crippen molar-refractivity contribution < 1.29 is 4.79 Å². The third kappa shape index (κ3) is 2.60. The third-order valence-electron chi connectivity index (χ3n) is 5.36. The third-order valence-corrected chi connectivity index (χ3v) is 5.36. The Bertz CT molecular complexity index is 480. The number of carbonyl (C=O) groups is 1. The highest BCUT2D eigenvalue weighted by Crippen LogP contribution is 2.57. The van der Waals surface area contributed by atoms with Gasteiger partial charge in [-0.15, -0.1) is 0 Å². The molecule has 0 saturated heterocycles. The fourth-order valence-electron chi connectivity index (χ4n) is 3.61. The number of rotatable bonds is 4. The lowest BCUT2D eigenvalue weighted by atomic mass is 9.77. The molecule has 2 fully saturated rings. The zero-order valence-corrected chi connectivity index (χ0v) is 12.6. The van der Waals surface area contributed by atoms with Crippen molar-refractivity contribution >= 4 is 5.91 Å². The number of hydrogen-bond donors (Lipinski definition) is 1. The topological polar surface area (TPSA) is 46.9 Å². The van der Waals surface area contributed by atoms with Crippen LogP contribution in [0.1, 0.15) is 62.9 Å². The van der Waals surface area contributed by atoms with E-state index in [-0.39, 0.29) is 11.9 Å². The van der Waals surface area contributed by atoms with Gasteiger partial charge in [0.1, 0.15) is 5.69 Å². The van der Waals surface area contributed by atoms with Crippen molar-refractivity contribution in [2.45, 2.75) is 65.0 Å². The first-order chi connectivity index (χ1) is 9.63. The van der Waals surface area contributed by atoms with Gasteiger partial charge in [0.25, 0.3) is 5.91 Å². The van der Waals surface area contributed by atoms with Crippen LogP contribution in [-0.4, -0.2) is 21.7 Å². The minimum absolute atomic E-state index is 0.0172. The van der Waals surface area contributed by atoms with Crippen molar-refractivity contribution in [2.75, 3.05) is 0 Å². The Hall–Kier alpha value is -1.32. The highest BCUT2D eigenvalue weighted by atomic mass is 16.2. The van der Waals surface area contributed by atoms with Crippen molar-refractivity contribution in [3.8, 4) is 0 Å². The minimum atomic E-state index is 0.0172. The van der Waals surface area contributed by atoms with E-state index in [4.69, 9.17) is 0 Å². The Morgan fingerprint density at radius 1 is 1.45 bits per heavy atom. The van der Waals surface area contributed by atoms with Gasteiger partial charge in [-0.2, -0.15) is 5.10 Å². The summed E-state index contributed by atoms with van der Waals surface area (Å²) in [6.07, 6.45) is 9.85. The van der Waals surface area contributed by atoms with Crippen molar-refractivity contribution in [3.63, 3.8) is 0 Å². The summed E-state index contributed by atoms with van der Waals surface area (Å²) in [6.45, 7) is 4.89. The highest BCUT2D eigenvalue weighted by molar-refractivity contribution is 5.92. The van der Waals surface area contributed by atoms with Gasteiger partial charge in [-0.1, -0.05) is 0 Å². The lowest BCUT2D eigenvalue weighted by molar-refractivity contribution is 0.0902. The highest BCUT2D eigenvalue weighted by Gasteiger charge is 2.45. The zero-order chi connectivity index (χ0) is 14.2. The molecule has 1 N–H and O–H groups in total. The van der Waals surface area contributed by atoms with Crippen LogP contribution in [0.25, 0.3) is 0 Å². The Labute approximate surface area is 120 Å². The quantitative estimate of drug-likeness (QED) is 0.918. The molecule has 0 bridgehead atoms. The van der Waals surface area contributed by atoms with E-state index >= 15 is 0 Å². The fourth-order valence-corrected chi connectivity index (χ4v) is 3.61. The molecule has 2 saturated carbocycles. The molecule has 1 heterocycles. The Balaban J connectivity index is 1.55. The van der Waals surface area contributed by atoms with Gasteiger partial charge in [0.2, 0.25) is 0 Å². The maximum absolute atomic E-state index is 12.3. The van der Waals surface area contributed by atoms with Crippen molar-refractivity contribution in [3.05, 3.63) is 18.0 Å². The molecule has 20 heavy (non-hydrogen) atoms. The number of nitrogens with zero attached hydrogens (tertiary/aromatic N) is 2. The van der Waals surface area contributed by atoms with Crippen LogP contribution in [0.15, 0.2) is 12.3 Å². The van der Waals surface area contributed by atoms with Gasteiger partial charge in [-0.05, 0) is 69.8 Å². The molecule has 1 amide bonds. The van der Waals surface area contributed by atoms with Gasteiger partial charge in [0.05, 0.1) is 0 Å². The summed E-state index contributed by atoms with van der Waals surface area (Å²) < 4.78 is 1.75. The number of nitrogens with one attached hydrogen (secondary N) is 1. The minimum Gasteiger partial charge on any atom is -0.348 e. The molecule has 4 nitrogen and oxygen atoms in total. The van der Waals surface area contributed by atoms with E-state index in [1.165, 1.54) is 38.5 Å². The van der Waals surface area contributed by atoms with Crippen LogP contribution in [0, 0.1) is 11.3 Å². The van der Waals surface area contributed by atoms with Crippen LogP contribution in [-0.2, 0) is 6.54 Å². The first-order valence-electron chi connectivity index (χ1n) is 7.96. The van der Waals surface area contributed by atoms with E-state index in [2.05, 4.69) is 17.3 Å². The summed E-state index contributed by atoms with van der Waals surface area (Å²) in [5, 5.41) is 7.33. The van der Waals surface area contributed by atoms with Gasteiger partial charge in [-0.3, -0.25) is 9.48 Å². The van der Waals surface area contributed by atoms with Crippen LogP contribution in [0.5, 0.6) is 0 Å². The number of aromatic nitrogens is 2. The smallest absolute Gasteiger partial charge is 0.269 e. The number of hydrogen-bond acceptors (Lipinski definition) is 2. The molecular weight excluding hydrogens is 250 g/mol. The summed E-state index contributed by atoms with van der Waals surface area (Å²) >= 11 is 0. The normalized spacial score (nSPS) is 22.7. The van der Waals surface area contributed by atoms with E-state index in [1.54, 1.807) is 16.9 Å². The van der Waals surface area contributed by atoms with Crippen LogP contribution >= 0.6 is 0 Å². The second kappa shape index (κ2) is 5.23. The van der Waals surface area contributed by atoms with Crippen LogP contribution in [0.3, 0.4) is 0 Å². The van der Waals surface area contributed by atoms with Gasteiger partial charge in [-0.25, -0.2) is 0 Å². The second-order valence-electron chi connectivity index (χ2n) is 6.63. The summed E-state index contributed by atoms with van der Waals surface area (Å²) in [5.41, 5.74) is 1.40. The van der Waals surface area contributed by atoms with E-state index in [0.717, 1.165) is 12.0 Å². The molecule has 1 spiro atoms. The van der Waals surface area contributed by atoms with Crippen molar-refractivity contribution in [1.82, 2.24) is 15.1 Å². The number of carbonyl (C=O) groups excluding carboxylic acids is 1. The summed E-state index contributed by atoms with van der Waals surface area (Å²) in [6, 6.07) is 2.06. The number of amides is 1. The Morgan fingerprint density at radius 3 is 2.75 bits per heavy atom. The largest absolute Gasteiger partial charge is 0.348 e. The molecule has 1 unspecified atom stereocenters. The maximum atomic E-state index is 12.3. The molecule has 0 radical (unpaired) electrons. The number of aryl methyl sites for hydroxylation is 1. The average Bonchev–Trinajstić information content (AvgIpc) is 3.04. The van der Waals surface area contributed by atoms with E-state index < -0.39 is 0 Å². The average molecular weight is 275 g/mol. The molecule has 1 aromatic rings. The monoisotopic (exact) mass is 275 g/mol. The molecular formula is C16H25N3O. The maximum Gasteiger partial charge on any atom is 0.269 e. The SMILES string of the molecule is CCn1nccc1C(=O)NC(C)C1CCC2(CC1)CC2. The molecule has 2 aliphatic carbocycles. The van der Waals surface area contributed by atoms with Gasteiger partial charge in [0.15, 0.2) is 0 Å². The Morgan fingerprint density at radius 2 is 2.15 bits per heavy atom.